The Labute approximate surface area is 92.0 Å². The van der Waals surface area contributed by atoms with E-state index in [-0.39, 0.29) is 0 Å². The fourth-order valence-corrected chi connectivity index (χ4v) is 1.42. The number of rotatable bonds is 3. The van der Waals surface area contributed by atoms with Crippen molar-refractivity contribution < 1.29 is 4.79 Å². The molecular weight excluding hydrogens is 204 g/mol. The van der Waals surface area contributed by atoms with Gasteiger partial charge in [0, 0.05) is 24.2 Å². The minimum absolute atomic E-state index is 0.341. The molecule has 0 aliphatic carbocycles. The Balaban J connectivity index is 2.34. The van der Waals surface area contributed by atoms with Crippen LogP contribution in [0.1, 0.15) is 21.9 Å². The summed E-state index contributed by atoms with van der Waals surface area (Å²) in [5, 5.41) is 8.87. The van der Waals surface area contributed by atoms with Crippen LogP contribution in [0, 0.1) is 11.3 Å². The molecule has 0 radical (unpaired) electrons. The number of aldehydes is 1. The first-order valence-corrected chi connectivity index (χ1v) is 4.65. The number of nitrogens with zero attached hydrogens (tertiary/aromatic N) is 4. The zero-order valence-electron chi connectivity index (χ0n) is 8.37. The predicted octanol–water partition coefficient (Wildman–Crippen LogP) is 1.01. The summed E-state index contributed by atoms with van der Waals surface area (Å²) in [6, 6.07) is 5.58. The van der Waals surface area contributed by atoms with E-state index in [2.05, 4.69) is 9.97 Å². The molecule has 2 aromatic heterocycles. The normalized spacial score (nSPS) is 9.69. The Bertz CT molecular complexity index is 553. The zero-order valence-corrected chi connectivity index (χ0v) is 8.37. The van der Waals surface area contributed by atoms with Gasteiger partial charge in [-0.3, -0.25) is 4.79 Å². The van der Waals surface area contributed by atoms with E-state index < -0.39 is 0 Å². The molecule has 0 aromatic carbocycles. The molecule has 0 atom stereocenters. The lowest BCUT2D eigenvalue weighted by atomic mass is 10.2. The maximum atomic E-state index is 10.7. The van der Waals surface area contributed by atoms with E-state index in [1.165, 1.54) is 0 Å². The molecule has 2 aromatic rings. The van der Waals surface area contributed by atoms with E-state index >= 15 is 0 Å². The zero-order chi connectivity index (χ0) is 11.4. The van der Waals surface area contributed by atoms with Gasteiger partial charge >= 0.3 is 0 Å². The predicted molar refractivity (Wildman–Crippen MR) is 55.7 cm³/mol. The van der Waals surface area contributed by atoms with Gasteiger partial charge in [0.15, 0.2) is 12.1 Å². The van der Waals surface area contributed by atoms with Gasteiger partial charge < -0.3 is 4.57 Å². The lowest BCUT2D eigenvalue weighted by Crippen LogP contribution is -2.05. The summed E-state index contributed by atoms with van der Waals surface area (Å²) in [6.07, 6.45) is 5.49. The Hall–Kier alpha value is -2.48. The van der Waals surface area contributed by atoms with E-state index in [4.69, 9.17) is 5.26 Å². The molecule has 0 bridgehead atoms. The van der Waals surface area contributed by atoms with Gasteiger partial charge in [-0.2, -0.15) is 5.26 Å². The smallest absolute Gasteiger partial charge is 0.185 e. The molecule has 0 amide bonds. The van der Waals surface area contributed by atoms with Crippen LogP contribution in [0.15, 0.2) is 30.7 Å². The quantitative estimate of drug-likeness (QED) is 0.712. The summed E-state index contributed by atoms with van der Waals surface area (Å²) in [5.41, 5.74) is 1.14. The third kappa shape index (κ3) is 1.81. The molecule has 2 rings (SSSR count). The van der Waals surface area contributed by atoms with Crippen molar-refractivity contribution in [2.75, 3.05) is 0 Å². The summed E-state index contributed by atoms with van der Waals surface area (Å²) in [5.74, 6) is 0.341. The molecule has 0 aliphatic heterocycles. The first-order valence-electron chi connectivity index (χ1n) is 4.65. The van der Waals surface area contributed by atoms with Crippen LogP contribution in [0.2, 0.25) is 0 Å². The summed E-state index contributed by atoms with van der Waals surface area (Å²) in [6.45, 7) is 0.421. The Morgan fingerprint density at radius 1 is 1.44 bits per heavy atom. The summed E-state index contributed by atoms with van der Waals surface area (Å²) in [7, 11) is 0. The summed E-state index contributed by atoms with van der Waals surface area (Å²) in [4.78, 5) is 18.5. The van der Waals surface area contributed by atoms with Gasteiger partial charge in [0.2, 0.25) is 0 Å². The summed E-state index contributed by atoms with van der Waals surface area (Å²) < 4.78 is 1.67. The molecule has 2 heterocycles. The highest BCUT2D eigenvalue weighted by atomic mass is 16.1. The van der Waals surface area contributed by atoms with Gasteiger partial charge in [0.05, 0.1) is 6.54 Å². The first-order chi connectivity index (χ1) is 7.85. The van der Waals surface area contributed by atoms with E-state index in [0.717, 1.165) is 5.56 Å². The van der Waals surface area contributed by atoms with Crippen LogP contribution in [-0.2, 0) is 6.54 Å². The van der Waals surface area contributed by atoms with E-state index in [1.807, 2.05) is 6.07 Å². The van der Waals surface area contributed by atoms with Crippen molar-refractivity contribution in [2.45, 2.75) is 6.54 Å². The third-order valence-electron chi connectivity index (χ3n) is 2.19. The number of nitriles is 1. The molecule has 0 N–H and O–H groups in total. The van der Waals surface area contributed by atoms with Crippen LogP contribution in [0.25, 0.3) is 0 Å². The van der Waals surface area contributed by atoms with Crippen molar-refractivity contribution in [1.29, 1.82) is 5.26 Å². The average molecular weight is 212 g/mol. The highest BCUT2D eigenvalue weighted by Gasteiger charge is 2.06. The first kappa shape index (κ1) is 10.1. The maximum absolute atomic E-state index is 10.7. The number of hydrogen-bond acceptors (Lipinski definition) is 4. The average Bonchev–Trinajstić information content (AvgIpc) is 2.77. The molecule has 16 heavy (non-hydrogen) atoms. The lowest BCUT2D eigenvalue weighted by molar-refractivity contribution is 0.111. The SMILES string of the molecule is N#Cc1ncccc1Cn1ccnc1C=O. The molecule has 78 valence electrons. The van der Waals surface area contributed by atoms with Crippen molar-refractivity contribution in [2.24, 2.45) is 0 Å². The topological polar surface area (TPSA) is 71.6 Å². The second-order valence-electron chi connectivity index (χ2n) is 3.15. The van der Waals surface area contributed by atoms with Crippen molar-refractivity contribution in [3.63, 3.8) is 0 Å². The second-order valence-corrected chi connectivity index (χ2v) is 3.15. The highest BCUT2D eigenvalue weighted by molar-refractivity contribution is 5.69. The molecule has 5 nitrogen and oxygen atoms in total. The number of carbonyl (C=O) groups excluding carboxylic acids is 1. The van der Waals surface area contributed by atoms with Crippen molar-refractivity contribution >= 4 is 6.29 Å². The van der Waals surface area contributed by atoms with E-state index in [9.17, 15) is 4.79 Å². The molecular formula is C11H8N4O. The Kier molecular flexibility index (Phi) is 2.74. The second kappa shape index (κ2) is 4.36. The van der Waals surface area contributed by atoms with Gasteiger partial charge in [0.1, 0.15) is 11.8 Å². The number of aromatic nitrogens is 3. The molecule has 0 aliphatic rings. The minimum atomic E-state index is 0.341. The van der Waals surface area contributed by atoms with Crippen molar-refractivity contribution in [3.05, 3.63) is 47.8 Å². The van der Waals surface area contributed by atoms with Gasteiger partial charge in [-0.15, -0.1) is 0 Å². The number of pyridine rings is 1. The van der Waals surface area contributed by atoms with Gasteiger partial charge in [-0.25, -0.2) is 9.97 Å². The van der Waals surface area contributed by atoms with E-state index in [0.29, 0.717) is 24.3 Å². The highest BCUT2D eigenvalue weighted by Crippen LogP contribution is 2.07. The summed E-state index contributed by atoms with van der Waals surface area (Å²) >= 11 is 0. The van der Waals surface area contributed by atoms with Gasteiger partial charge in [-0.05, 0) is 6.07 Å². The van der Waals surface area contributed by atoms with Crippen LogP contribution in [-0.4, -0.2) is 20.8 Å². The minimum Gasteiger partial charge on any atom is -0.324 e. The molecule has 0 unspecified atom stereocenters. The molecule has 0 saturated carbocycles. The van der Waals surface area contributed by atoms with Crippen molar-refractivity contribution in [1.82, 2.24) is 14.5 Å². The standard InChI is InChI=1S/C11H8N4O/c12-6-10-9(2-1-3-13-10)7-15-5-4-14-11(15)8-16/h1-5,8H,7H2. The Morgan fingerprint density at radius 2 is 2.31 bits per heavy atom. The molecule has 0 spiro atoms. The monoisotopic (exact) mass is 212 g/mol. The van der Waals surface area contributed by atoms with Crippen LogP contribution < -0.4 is 0 Å². The van der Waals surface area contributed by atoms with Crippen LogP contribution in [0.3, 0.4) is 0 Å². The fourth-order valence-electron chi connectivity index (χ4n) is 1.42. The van der Waals surface area contributed by atoms with Crippen LogP contribution in [0.5, 0.6) is 0 Å². The number of carbonyl (C=O) groups is 1. The largest absolute Gasteiger partial charge is 0.324 e. The number of imidazole rings is 1. The third-order valence-corrected chi connectivity index (χ3v) is 2.19. The Morgan fingerprint density at radius 3 is 3.06 bits per heavy atom. The molecule has 5 heteroatoms. The molecule has 0 fully saturated rings. The van der Waals surface area contributed by atoms with Crippen molar-refractivity contribution in [3.8, 4) is 6.07 Å². The van der Waals surface area contributed by atoms with E-state index in [1.54, 1.807) is 35.3 Å². The van der Waals surface area contributed by atoms with Gasteiger partial charge in [0.25, 0.3) is 0 Å². The maximum Gasteiger partial charge on any atom is 0.185 e. The fraction of sp³-hybridized carbons (Fsp3) is 0.0909. The van der Waals surface area contributed by atoms with Gasteiger partial charge in [-0.1, -0.05) is 6.07 Å². The van der Waals surface area contributed by atoms with Crippen LogP contribution in [0.4, 0.5) is 0 Å². The molecule has 0 saturated heterocycles. The lowest BCUT2D eigenvalue weighted by Gasteiger charge is -2.05. The van der Waals surface area contributed by atoms with Crippen LogP contribution >= 0.6 is 0 Å². The number of hydrogen-bond donors (Lipinski definition) is 0.